The molecule has 0 bridgehead atoms. The summed E-state index contributed by atoms with van der Waals surface area (Å²) in [4.78, 5) is 11.7. The Morgan fingerprint density at radius 1 is 1.37 bits per heavy atom. The molecule has 106 valence electrons. The molecule has 0 fully saturated rings. The molecule has 0 radical (unpaired) electrons. The van der Waals surface area contributed by atoms with Crippen LogP contribution in [0.3, 0.4) is 0 Å². The Balaban J connectivity index is 2.69. The van der Waals surface area contributed by atoms with Gasteiger partial charge in [0.25, 0.3) is 0 Å². The predicted octanol–water partition coefficient (Wildman–Crippen LogP) is 3.84. The van der Waals surface area contributed by atoms with Crippen LogP contribution in [0.15, 0.2) is 24.3 Å². The molecule has 1 rings (SSSR count). The van der Waals surface area contributed by atoms with Crippen molar-refractivity contribution in [1.82, 2.24) is 0 Å². The van der Waals surface area contributed by atoms with E-state index in [1.54, 1.807) is 0 Å². The first kappa shape index (κ1) is 16.4. The summed E-state index contributed by atoms with van der Waals surface area (Å²) in [6.45, 7) is 3.95. The third-order valence-corrected chi connectivity index (χ3v) is 3.98. The molecular formula is C15H21IO3. The van der Waals surface area contributed by atoms with Crippen LogP contribution in [-0.2, 0) is 9.53 Å². The Morgan fingerprint density at radius 3 is 2.63 bits per heavy atom. The molecule has 0 spiro atoms. The quantitative estimate of drug-likeness (QED) is 0.581. The number of halogens is 1. The fourth-order valence-electron chi connectivity index (χ4n) is 1.84. The van der Waals surface area contributed by atoms with Crippen molar-refractivity contribution in [2.75, 3.05) is 0 Å². The van der Waals surface area contributed by atoms with Crippen LogP contribution in [0.4, 0.5) is 0 Å². The second kappa shape index (κ2) is 8.53. The Kier molecular flexibility index (Phi) is 7.38. The standard InChI is InChI=1S/C15H21IO3/c1-3-5-10-14(17)19-13(4-2)15(18)11-8-6-7-9-12(11)16/h6-9,13,15,18H,3-5,10H2,1-2H3/t13-,15-/m0/s1. The number of benzene rings is 1. The zero-order valence-electron chi connectivity index (χ0n) is 11.4. The second-order valence-corrected chi connectivity index (χ2v) is 5.67. The molecule has 4 heteroatoms. The normalized spacial score (nSPS) is 13.9. The van der Waals surface area contributed by atoms with Gasteiger partial charge in [-0.2, -0.15) is 0 Å². The van der Waals surface area contributed by atoms with Crippen molar-refractivity contribution in [1.29, 1.82) is 0 Å². The van der Waals surface area contributed by atoms with Crippen molar-refractivity contribution >= 4 is 28.6 Å². The fraction of sp³-hybridized carbons (Fsp3) is 0.533. The number of carbonyl (C=O) groups excluding carboxylic acids is 1. The van der Waals surface area contributed by atoms with Crippen LogP contribution in [-0.4, -0.2) is 17.2 Å². The second-order valence-electron chi connectivity index (χ2n) is 4.51. The Labute approximate surface area is 128 Å². The van der Waals surface area contributed by atoms with Gasteiger partial charge in [0.2, 0.25) is 0 Å². The minimum atomic E-state index is -0.760. The lowest BCUT2D eigenvalue weighted by atomic mass is 10.0. The molecule has 19 heavy (non-hydrogen) atoms. The molecule has 2 atom stereocenters. The molecule has 0 saturated carbocycles. The van der Waals surface area contributed by atoms with E-state index >= 15 is 0 Å². The Bertz CT molecular complexity index is 406. The van der Waals surface area contributed by atoms with Gasteiger partial charge in [-0.25, -0.2) is 0 Å². The van der Waals surface area contributed by atoms with Crippen molar-refractivity contribution in [2.45, 2.75) is 51.7 Å². The third kappa shape index (κ3) is 5.10. The maximum absolute atomic E-state index is 11.7. The Hall–Kier alpha value is -0.620. The van der Waals surface area contributed by atoms with Crippen molar-refractivity contribution in [3.8, 4) is 0 Å². The molecule has 1 N–H and O–H groups in total. The van der Waals surface area contributed by atoms with Crippen molar-refractivity contribution < 1.29 is 14.6 Å². The minimum Gasteiger partial charge on any atom is -0.459 e. The van der Waals surface area contributed by atoms with Gasteiger partial charge in [0.1, 0.15) is 12.2 Å². The van der Waals surface area contributed by atoms with E-state index in [0.717, 1.165) is 22.0 Å². The molecule has 0 aromatic heterocycles. The summed E-state index contributed by atoms with van der Waals surface area (Å²) < 4.78 is 6.36. The molecule has 1 aromatic carbocycles. The number of esters is 1. The zero-order chi connectivity index (χ0) is 14.3. The molecule has 0 unspecified atom stereocenters. The van der Waals surface area contributed by atoms with E-state index in [-0.39, 0.29) is 5.97 Å². The highest BCUT2D eigenvalue weighted by Gasteiger charge is 2.24. The number of rotatable bonds is 7. The van der Waals surface area contributed by atoms with Gasteiger partial charge >= 0.3 is 5.97 Å². The van der Waals surface area contributed by atoms with Crippen LogP contribution in [0.5, 0.6) is 0 Å². The number of hydrogen-bond acceptors (Lipinski definition) is 3. The number of aliphatic hydroxyl groups is 1. The van der Waals surface area contributed by atoms with Crippen molar-refractivity contribution in [3.63, 3.8) is 0 Å². The van der Waals surface area contributed by atoms with Gasteiger partial charge in [0, 0.05) is 9.99 Å². The van der Waals surface area contributed by atoms with Gasteiger partial charge in [-0.05, 0) is 47.1 Å². The number of carbonyl (C=O) groups is 1. The maximum Gasteiger partial charge on any atom is 0.306 e. The van der Waals surface area contributed by atoms with Crippen LogP contribution >= 0.6 is 22.6 Å². The van der Waals surface area contributed by atoms with Crippen LogP contribution in [0.2, 0.25) is 0 Å². The van der Waals surface area contributed by atoms with Gasteiger partial charge < -0.3 is 9.84 Å². The molecule has 0 saturated heterocycles. The van der Waals surface area contributed by atoms with E-state index in [4.69, 9.17) is 4.74 Å². The summed E-state index contributed by atoms with van der Waals surface area (Å²) in [5, 5.41) is 10.4. The van der Waals surface area contributed by atoms with Gasteiger partial charge in [-0.15, -0.1) is 0 Å². The molecule has 0 aliphatic heterocycles. The highest BCUT2D eigenvalue weighted by atomic mass is 127. The van der Waals surface area contributed by atoms with Crippen molar-refractivity contribution in [3.05, 3.63) is 33.4 Å². The first-order valence-electron chi connectivity index (χ1n) is 6.72. The van der Waals surface area contributed by atoms with Crippen LogP contribution in [0.1, 0.15) is 51.2 Å². The minimum absolute atomic E-state index is 0.223. The van der Waals surface area contributed by atoms with Crippen LogP contribution < -0.4 is 0 Å². The number of aliphatic hydroxyl groups excluding tert-OH is 1. The van der Waals surface area contributed by atoms with Crippen molar-refractivity contribution in [2.24, 2.45) is 0 Å². The maximum atomic E-state index is 11.7. The highest BCUT2D eigenvalue weighted by molar-refractivity contribution is 14.1. The molecule has 3 nitrogen and oxygen atoms in total. The number of hydrogen-bond donors (Lipinski definition) is 1. The summed E-state index contributed by atoms with van der Waals surface area (Å²) >= 11 is 2.18. The summed E-state index contributed by atoms with van der Waals surface area (Å²) in [6, 6.07) is 7.61. The van der Waals surface area contributed by atoms with Gasteiger partial charge in [-0.1, -0.05) is 38.5 Å². The van der Waals surface area contributed by atoms with E-state index in [9.17, 15) is 9.90 Å². The van der Waals surface area contributed by atoms with E-state index in [1.807, 2.05) is 38.1 Å². The first-order valence-corrected chi connectivity index (χ1v) is 7.80. The highest BCUT2D eigenvalue weighted by Crippen LogP contribution is 2.26. The molecular weight excluding hydrogens is 355 g/mol. The van der Waals surface area contributed by atoms with Gasteiger partial charge in [0.15, 0.2) is 0 Å². The lowest BCUT2D eigenvalue weighted by Gasteiger charge is -2.23. The average molecular weight is 376 g/mol. The smallest absolute Gasteiger partial charge is 0.306 e. The molecule has 0 amide bonds. The predicted molar refractivity (Wildman–Crippen MR) is 83.8 cm³/mol. The molecule has 0 aliphatic rings. The number of unbranched alkanes of at least 4 members (excludes halogenated alkanes) is 1. The topological polar surface area (TPSA) is 46.5 Å². The van der Waals surface area contributed by atoms with Crippen LogP contribution in [0, 0.1) is 3.57 Å². The summed E-state index contributed by atoms with van der Waals surface area (Å²) in [6.07, 6.45) is 1.58. The first-order chi connectivity index (χ1) is 9.10. The average Bonchev–Trinajstić information content (AvgIpc) is 2.42. The monoisotopic (exact) mass is 376 g/mol. The molecule has 1 aromatic rings. The van der Waals surface area contributed by atoms with E-state index in [2.05, 4.69) is 22.6 Å². The lowest BCUT2D eigenvalue weighted by Crippen LogP contribution is -2.25. The van der Waals surface area contributed by atoms with E-state index in [0.29, 0.717) is 12.8 Å². The SMILES string of the molecule is CCCCC(=O)O[C@@H](CC)[C@@H](O)c1ccccc1I. The summed E-state index contributed by atoms with van der Waals surface area (Å²) in [5.74, 6) is -0.223. The summed E-state index contributed by atoms with van der Waals surface area (Å²) in [7, 11) is 0. The largest absolute Gasteiger partial charge is 0.459 e. The van der Waals surface area contributed by atoms with E-state index in [1.165, 1.54) is 0 Å². The molecule has 0 aliphatic carbocycles. The zero-order valence-corrected chi connectivity index (χ0v) is 13.6. The van der Waals surface area contributed by atoms with Crippen LogP contribution in [0.25, 0.3) is 0 Å². The fourth-order valence-corrected chi connectivity index (χ4v) is 2.54. The number of ether oxygens (including phenoxy) is 1. The Morgan fingerprint density at radius 2 is 2.05 bits per heavy atom. The third-order valence-electron chi connectivity index (χ3n) is 3.00. The van der Waals surface area contributed by atoms with Gasteiger partial charge in [-0.3, -0.25) is 4.79 Å². The lowest BCUT2D eigenvalue weighted by molar-refractivity contribution is -0.155. The molecule has 0 heterocycles. The van der Waals surface area contributed by atoms with E-state index < -0.39 is 12.2 Å². The van der Waals surface area contributed by atoms with Gasteiger partial charge in [0.05, 0.1) is 0 Å². The summed E-state index contributed by atoms with van der Waals surface area (Å²) in [5.41, 5.74) is 0.818.